The van der Waals surface area contributed by atoms with E-state index < -0.39 is 39.3 Å². The molecule has 2 atom stereocenters. The van der Waals surface area contributed by atoms with Gasteiger partial charge in [-0.1, -0.05) is 27.3 Å². The number of halogens is 4. The summed E-state index contributed by atoms with van der Waals surface area (Å²) < 4.78 is 56.9. The lowest BCUT2D eigenvalue weighted by Gasteiger charge is -2.19. The molecule has 124 valence electrons. The summed E-state index contributed by atoms with van der Waals surface area (Å²) in [4.78, 5) is 0. The van der Waals surface area contributed by atoms with Gasteiger partial charge in [0.25, 0.3) is 5.92 Å². The van der Waals surface area contributed by atoms with Gasteiger partial charge >= 0.3 is 0 Å². The highest BCUT2D eigenvalue weighted by Gasteiger charge is 2.31. The van der Waals surface area contributed by atoms with Crippen LogP contribution in [0.1, 0.15) is 51.7 Å². The van der Waals surface area contributed by atoms with E-state index in [0.29, 0.717) is 11.4 Å². The first-order valence-corrected chi connectivity index (χ1v) is 8.57. The summed E-state index contributed by atoms with van der Waals surface area (Å²) in [6.07, 6.45) is 1.34. The fourth-order valence-electron chi connectivity index (χ4n) is 1.65. The maximum atomic E-state index is 14.3. The van der Waals surface area contributed by atoms with Crippen molar-refractivity contribution in [2.75, 3.05) is 0 Å². The molecule has 0 aliphatic carbocycles. The first-order chi connectivity index (χ1) is 9.84. The summed E-state index contributed by atoms with van der Waals surface area (Å²) in [5.74, 6) is -4.82. The van der Waals surface area contributed by atoms with Gasteiger partial charge in [-0.05, 0) is 38.5 Å². The molecule has 0 radical (unpaired) electrons. The summed E-state index contributed by atoms with van der Waals surface area (Å²) in [5.41, 5.74) is -0.588. The minimum atomic E-state index is -3.28. The van der Waals surface area contributed by atoms with Crippen LogP contribution in [0.5, 0.6) is 0 Å². The number of hydrogen-bond acceptors (Lipinski definition) is 2. The van der Waals surface area contributed by atoms with Gasteiger partial charge in [-0.15, -0.1) is 0 Å². The quantitative estimate of drug-likeness (QED) is 0.498. The minimum Gasteiger partial charge on any atom is -0.591 e. The Morgan fingerprint density at radius 2 is 1.82 bits per heavy atom. The Bertz CT molecular complexity index is 567. The maximum absolute atomic E-state index is 14.3. The molecular formula is C15H19BrF3NOS. The van der Waals surface area contributed by atoms with Gasteiger partial charge in [0.1, 0.15) is 21.9 Å². The van der Waals surface area contributed by atoms with E-state index in [1.165, 1.54) is 12.3 Å². The van der Waals surface area contributed by atoms with E-state index in [2.05, 4.69) is 20.3 Å². The Morgan fingerprint density at radius 1 is 1.27 bits per heavy atom. The van der Waals surface area contributed by atoms with Crippen molar-refractivity contribution in [2.45, 2.75) is 51.2 Å². The molecule has 0 saturated carbocycles. The van der Waals surface area contributed by atoms with Crippen LogP contribution in [0.3, 0.4) is 0 Å². The molecule has 0 spiro atoms. The molecule has 0 saturated heterocycles. The van der Waals surface area contributed by atoms with Crippen molar-refractivity contribution >= 4 is 33.5 Å². The van der Waals surface area contributed by atoms with Crippen LogP contribution in [0, 0.1) is 5.82 Å². The van der Waals surface area contributed by atoms with Gasteiger partial charge in [-0.25, -0.2) is 13.2 Å². The van der Waals surface area contributed by atoms with Crippen LogP contribution in [-0.2, 0) is 17.3 Å². The number of nitrogens with zero attached hydrogens (tertiary/aromatic N) is 1. The molecule has 1 rings (SSSR count). The van der Waals surface area contributed by atoms with E-state index in [0.717, 1.165) is 6.07 Å². The number of benzene rings is 1. The Morgan fingerprint density at radius 3 is 2.27 bits per heavy atom. The third-order valence-electron chi connectivity index (χ3n) is 2.93. The van der Waals surface area contributed by atoms with Crippen molar-refractivity contribution in [2.24, 2.45) is 4.40 Å². The summed E-state index contributed by atoms with van der Waals surface area (Å²) in [5, 5.41) is 0. The van der Waals surface area contributed by atoms with E-state index in [-0.39, 0.29) is 5.56 Å². The fourth-order valence-corrected chi connectivity index (χ4v) is 2.73. The van der Waals surface area contributed by atoms with Crippen LogP contribution in [0.2, 0.25) is 0 Å². The normalized spacial score (nSPS) is 16.1. The van der Waals surface area contributed by atoms with Crippen molar-refractivity contribution in [1.82, 2.24) is 0 Å². The molecule has 22 heavy (non-hydrogen) atoms. The van der Waals surface area contributed by atoms with Crippen molar-refractivity contribution in [1.29, 1.82) is 0 Å². The highest BCUT2D eigenvalue weighted by molar-refractivity contribution is 9.10. The molecule has 0 aliphatic rings. The Hall–Kier alpha value is -0.530. The second kappa shape index (κ2) is 6.93. The lowest BCUT2D eigenvalue weighted by molar-refractivity contribution is 0.0135. The van der Waals surface area contributed by atoms with Gasteiger partial charge in [-0.3, -0.25) is 0 Å². The molecule has 1 unspecified atom stereocenters. The van der Waals surface area contributed by atoms with E-state index >= 15 is 0 Å². The molecule has 1 aromatic carbocycles. The van der Waals surface area contributed by atoms with E-state index in [9.17, 15) is 17.7 Å². The molecule has 0 bridgehead atoms. The molecule has 0 fully saturated rings. The highest BCUT2D eigenvalue weighted by Crippen LogP contribution is 2.35. The fraction of sp³-hybridized carbons (Fsp3) is 0.533. The zero-order valence-electron chi connectivity index (χ0n) is 13.1. The molecule has 0 N–H and O–H groups in total. The molecule has 0 aromatic heterocycles. The monoisotopic (exact) mass is 397 g/mol. The molecule has 2 nitrogen and oxygen atoms in total. The molecule has 0 aliphatic heterocycles. The van der Waals surface area contributed by atoms with Crippen molar-refractivity contribution in [3.05, 3.63) is 33.5 Å². The molecule has 7 heteroatoms. The third-order valence-corrected chi connectivity index (χ3v) is 4.75. The lowest BCUT2D eigenvalue weighted by atomic mass is 9.97. The summed E-state index contributed by atoms with van der Waals surface area (Å²) >= 11 is 1.64. The van der Waals surface area contributed by atoms with Crippen LogP contribution in [-0.4, -0.2) is 15.5 Å². The first-order valence-electron chi connectivity index (χ1n) is 6.67. The summed E-state index contributed by atoms with van der Waals surface area (Å²) in [6, 6.07) is 2.50. The van der Waals surface area contributed by atoms with Gasteiger partial charge in [0.15, 0.2) is 0 Å². The number of alkyl halides is 2. The van der Waals surface area contributed by atoms with Gasteiger partial charge in [-0.2, -0.15) is 0 Å². The van der Waals surface area contributed by atoms with Crippen LogP contribution >= 0.6 is 15.9 Å². The predicted octanol–water partition coefficient (Wildman–Crippen LogP) is 5.34. The standard InChI is InChI=1S/C15H19BrF3NOS/c1-9(8-20-22(21)14(2,3)4)11-6-10(16)7-12(13(11)17)15(5,18)19/h6-9H,1-5H3/b20-8-/t9?,22-/m0/s1. The zero-order valence-corrected chi connectivity index (χ0v) is 15.5. The third kappa shape index (κ3) is 4.99. The summed E-state index contributed by atoms with van der Waals surface area (Å²) in [7, 11) is 0. The predicted molar refractivity (Wildman–Crippen MR) is 88.5 cm³/mol. The SMILES string of the molecule is CC(/C=N\[S@@+]([O-])C(C)(C)C)c1cc(Br)cc(C(C)(F)F)c1F. The Labute approximate surface area is 140 Å². The molecule has 1 aromatic rings. The van der Waals surface area contributed by atoms with E-state index in [1.807, 2.05) is 0 Å². The number of hydrogen-bond donors (Lipinski definition) is 0. The van der Waals surface area contributed by atoms with Crippen molar-refractivity contribution < 1.29 is 17.7 Å². The molecular weight excluding hydrogens is 379 g/mol. The van der Waals surface area contributed by atoms with Crippen LogP contribution in [0.25, 0.3) is 0 Å². The van der Waals surface area contributed by atoms with Gasteiger partial charge in [0, 0.05) is 17.3 Å². The second-order valence-corrected chi connectivity index (χ2v) is 9.00. The van der Waals surface area contributed by atoms with Crippen LogP contribution < -0.4 is 0 Å². The average Bonchev–Trinajstić information content (AvgIpc) is 2.35. The topological polar surface area (TPSA) is 35.4 Å². The second-order valence-electron chi connectivity index (χ2n) is 6.15. The van der Waals surface area contributed by atoms with Crippen LogP contribution in [0.4, 0.5) is 13.2 Å². The molecule has 0 heterocycles. The number of rotatable bonds is 4. The average molecular weight is 398 g/mol. The van der Waals surface area contributed by atoms with Gasteiger partial charge in [0.2, 0.25) is 0 Å². The summed E-state index contributed by atoms with van der Waals surface area (Å²) in [6.45, 7) is 7.56. The van der Waals surface area contributed by atoms with E-state index in [1.54, 1.807) is 27.7 Å². The highest BCUT2D eigenvalue weighted by atomic mass is 79.9. The van der Waals surface area contributed by atoms with Crippen molar-refractivity contribution in [3.63, 3.8) is 0 Å². The smallest absolute Gasteiger partial charge is 0.273 e. The Balaban J connectivity index is 3.17. The zero-order chi connectivity index (χ0) is 17.3. The van der Waals surface area contributed by atoms with Gasteiger partial charge < -0.3 is 4.55 Å². The molecule has 0 amide bonds. The first kappa shape index (κ1) is 19.5. The van der Waals surface area contributed by atoms with Gasteiger partial charge in [0.05, 0.1) is 11.8 Å². The largest absolute Gasteiger partial charge is 0.591 e. The Kier molecular flexibility index (Phi) is 6.14. The maximum Gasteiger partial charge on any atom is 0.273 e. The lowest BCUT2D eigenvalue weighted by Crippen LogP contribution is -2.26. The van der Waals surface area contributed by atoms with E-state index in [4.69, 9.17) is 0 Å². The van der Waals surface area contributed by atoms with Crippen molar-refractivity contribution in [3.8, 4) is 0 Å². The minimum absolute atomic E-state index is 0.0839. The van der Waals surface area contributed by atoms with Crippen LogP contribution in [0.15, 0.2) is 21.0 Å².